The van der Waals surface area contributed by atoms with Gasteiger partial charge in [0.05, 0.1) is 6.54 Å². The first-order chi connectivity index (χ1) is 1.89. The molecular weight excluding hydrogens is 89.5 g/mol. The number of hydrogen-bond donors (Lipinski definition) is 1. The molecular formula is C2H4ClNO. The fourth-order valence-corrected chi connectivity index (χ4v) is 0.0361. The van der Waals surface area contributed by atoms with E-state index in [1.54, 1.807) is 0 Å². The average molecular weight is 93.5 g/mol. The Bertz CT molecular complexity index is 47.6. The van der Waals surface area contributed by atoms with E-state index in [4.69, 9.17) is 0 Å². The first-order valence-corrected chi connectivity index (χ1v) is 1.16. The van der Waals surface area contributed by atoms with Crippen molar-refractivity contribution < 1.29 is 4.79 Å². The second-order valence-corrected chi connectivity index (χ2v) is 0.777. The summed E-state index contributed by atoms with van der Waals surface area (Å²) >= 11 is 0. The minimum absolute atomic E-state index is 0. The molecule has 0 unspecified atom stereocenters. The molecule has 1 fully saturated rings. The summed E-state index contributed by atoms with van der Waals surface area (Å²) in [6.45, 7) is 0.597. The van der Waals surface area contributed by atoms with E-state index >= 15 is 0 Å². The van der Waals surface area contributed by atoms with Crippen LogP contribution in [0.4, 0.5) is 0 Å². The van der Waals surface area contributed by atoms with Gasteiger partial charge < -0.3 is 5.32 Å². The Morgan fingerprint density at radius 3 is 2.00 bits per heavy atom. The van der Waals surface area contributed by atoms with Gasteiger partial charge in [-0.25, -0.2) is 0 Å². The van der Waals surface area contributed by atoms with Gasteiger partial charge in [-0.15, -0.1) is 12.4 Å². The first kappa shape index (κ1) is 4.76. The van der Waals surface area contributed by atoms with Crippen LogP contribution in [-0.2, 0) is 4.79 Å². The third kappa shape index (κ3) is 1.53. The van der Waals surface area contributed by atoms with Crippen LogP contribution >= 0.6 is 12.4 Å². The fourth-order valence-electron chi connectivity index (χ4n) is 0.0361. The van der Waals surface area contributed by atoms with Gasteiger partial charge in [-0.1, -0.05) is 0 Å². The molecule has 0 spiro atoms. The van der Waals surface area contributed by atoms with Gasteiger partial charge in [-0.3, -0.25) is 4.79 Å². The molecule has 2 nitrogen and oxygen atoms in total. The molecule has 1 aliphatic heterocycles. The van der Waals surface area contributed by atoms with Crippen LogP contribution in [0.2, 0.25) is 0 Å². The Morgan fingerprint density at radius 2 is 2.00 bits per heavy atom. The van der Waals surface area contributed by atoms with Crippen LogP contribution in [0.25, 0.3) is 0 Å². The molecule has 0 aromatic carbocycles. The maximum atomic E-state index is 9.44. The molecule has 1 heterocycles. The van der Waals surface area contributed by atoms with Crippen molar-refractivity contribution in [1.29, 1.82) is 0 Å². The molecule has 0 aromatic heterocycles. The minimum Gasteiger partial charge on any atom is -0.346 e. The van der Waals surface area contributed by atoms with Crippen LogP contribution in [0.15, 0.2) is 0 Å². The summed E-state index contributed by atoms with van der Waals surface area (Å²) in [4.78, 5) is 9.44. The molecule has 0 bridgehead atoms. The highest BCUT2D eigenvalue weighted by molar-refractivity contribution is 5.91. The van der Waals surface area contributed by atoms with Crippen molar-refractivity contribution in [2.45, 2.75) is 0 Å². The largest absolute Gasteiger partial charge is 0.346 e. The standard InChI is InChI=1S/C2H3NO.ClH/c4-2-1-3-2;/h1H2,(H,3,4);1H. The van der Waals surface area contributed by atoms with Crippen LogP contribution in [-0.4, -0.2) is 12.5 Å². The molecule has 3 heteroatoms. The Balaban J connectivity index is 0.000000160. The van der Waals surface area contributed by atoms with Gasteiger partial charge in [-0.05, 0) is 0 Å². The molecule has 0 saturated carbocycles. The second kappa shape index (κ2) is 1.26. The predicted molar refractivity (Wildman–Crippen MR) is 20.3 cm³/mol. The van der Waals surface area contributed by atoms with Gasteiger partial charge in [0, 0.05) is 0 Å². The van der Waals surface area contributed by atoms with Crippen LogP contribution in [0, 0.1) is 0 Å². The molecule has 30 valence electrons. The molecule has 5 heavy (non-hydrogen) atoms. The van der Waals surface area contributed by atoms with E-state index in [0.29, 0.717) is 6.54 Å². The van der Waals surface area contributed by atoms with Crippen LogP contribution < -0.4 is 5.32 Å². The lowest BCUT2D eigenvalue weighted by Gasteiger charge is -1.30. The van der Waals surface area contributed by atoms with E-state index in [-0.39, 0.29) is 18.3 Å². The number of halogens is 1. The van der Waals surface area contributed by atoms with Crippen molar-refractivity contribution in [1.82, 2.24) is 5.32 Å². The van der Waals surface area contributed by atoms with Crippen molar-refractivity contribution in [2.75, 3.05) is 6.54 Å². The third-order valence-electron chi connectivity index (χ3n) is 0.321. The molecule has 0 radical (unpaired) electrons. The molecule has 0 aromatic rings. The molecule has 0 aliphatic carbocycles. The summed E-state index contributed by atoms with van der Waals surface area (Å²) in [7, 11) is 0. The zero-order chi connectivity index (χ0) is 2.99. The molecule has 1 saturated heterocycles. The lowest BCUT2D eigenvalue weighted by Crippen LogP contribution is -1.66. The number of carbonyl (C=O) groups is 1. The van der Waals surface area contributed by atoms with Crippen LogP contribution in [0.1, 0.15) is 0 Å². The van der Waals surface area contributed by atoms with Crippen molar-refractivity contribution in [3.63, 3.8) is 0 Å². The number of amides is 1. The summed E-state index contributed by atoms with van der Waals surface area (Å²) in [5.41, 5.74) is 0. The summed E-state index contributed by atoms with van der Waals surface area (Å²) in [6.07, 6.45) is 0. The normalized spacial score (nSPS) is 15.6. The smallest absolute Gasteiger partial charge is 0.239 e. The zero-order valence-electron chi connectivity index (χ0n) is 2.52. The van der Waals surface area contributed by atoms with E-state index in [1.165, 1.54) is 0 Å². The SMILES string of the molecule is Cl.O=C1CN1. The zero-order valence-corrected chi connectivity index (χ0v) is 3.34. The topological polar surface area (TPSA) is 39.0 Å². The number of hydrogen-bond acceptors (Lipinski definition) is 1. The van der Waals surface area contributed by atoms with Crippen molar-refractivity contribution in [2.24, 2.45) is 0 Å². The first-order valence-electron chi connectivity index (χ1n) is 1.16. The Hall–Kier alpha value is -0.240. The van der Waals surface area contributed by atoms with Gasteiger partial charge in [-0.2, -0.15) is 0 Å². The van der Waals surface area contributed by atoms with Gasteiger partial charge in [0.2, 0.25) is 5.91 Å². The van der Waals surface area contributed by atoms with Gasteiger partial charge in [0.25, 0.3) is 0 Å². The van der Waals surface area contributed by atoms with Crippen molar-refractivity contribution in [3.8, 4) is 0 Å². The second-order valence-electron chi connectivity index (χ2n) is 0.777. The maximum Gasteiger partial charge on any atom is 0.239 e. The van der Waals surface area contributed by atoms with Crippen molar-refractivity contribution in [3.05, 3.63) is 0 Å². The Labute approximate surface area is 36.0 Å². The van der Waals surface area contributed by atoms with E-state index in [0.717, 1.165) is 0 Å². The Morgan fingerprint density at radius 1 is 1.80 bits per heavy atom. The highest BCUT2D eigenvalue weighted by Gasteiger charge is 2.10. The predicted octanol–water partition coefficient (Wildman–Crippen LogP) is -0.462. The van der Waals surface area contributed by atoms with E-state index < -0.39 is 0 Å². The summed E-state index contributed by atoms with van der Waals surface area (Å²) in [5.74, 6) is 0.167. The highest BCUT2D eigenvalue weighted by Crippen LogP contribution is 1.72. The van der Waals surface area contributed by atoms with E-state index in [2.05, 4.69) is 5.32 Å². The van der Waals surface area contributed by atoms with E-state index in [1.807, 2.05) is 0 Å². The summed E-state index contributed by atoms with van der Waals surface area (Å²) in [5, 5.41) is 2.46. The molecule has 1 N–H and O–H groups in total. The van der Waals surface area contributed by atoms with Crippen LogP contribution in [0.5, 0.6) is 0 Å². The molecule has 1 aliphatic rings. The summed E-state index contributed by atoms with van der Waals surface area (Å²) in [6, 6.07) is 0. The quantitative estimate of drug-likeness (QED) is 0.405. The molecule has 0 atom stereocenters. The van der Waals surface area contributed by atoms with Gasteiger partial charge >= 0.3 is 0 Å². The Kier molecular flexibility index (Phi) is 1.20. The van der Waals surface area contributed by atoms with Gasteiger partial charge in [0.1, 0.15) is 0 Å². The fraction of sp³-hybridized carbons (Fsp3) is 0.500. The average Bonchev–Trinajstić information content (AvgIpc) is 1.75. The minimum atomic E-state index is 0. The number of rotatable bonds is 0. The van der Waals surface area contributed by atoms with E-state index in [9.17, 15) is 4.79 Å². The molecule has 1 amide bonds. The lowest BCUT2D eigenvalue weighted by molar-refractivity contribution is -0.110. The van der Waals surface area contributed by atoms with Crippen LogP contribution in [0.3, 0.4) is 0 Å². The monoisotopic (exact) mass is 93.0 g/mol. The maximum absolute atomic E-state index is 9.44. The third-order valence-corrected chi connectivity index (χ3v) is 0.321. The summed E-state index contributed by atoms with van der Waals surface area (Å²) < 4.78 is 0. The number of nitrogens with one attached hydrogen (secondary N) is 1. The van der Waals surface area contributed by atoms with Gasteiger partial charge in [0.15, 0.2) is 0 Å². The number of carbonyl (C=O) groups excluding carboxylic acids is 1. The lowest BCUT2D eigenvalue weighted by atomic mass is 11.0. The highest BCUT2D eigenvalue weighted by atomic mass is 35.5. The van der Waals surface area contributed by atoms with Crippen molar-refractivity contribution >= 4 is 18.3 Å². The molecule has 1 rings (SSSR count).